The van der Waals surface area contributed by atoms with E-state index < -0.39 is 0 Å². The Morgan fingerprint density at radius 3 is 2.60 bits per heavy atom. The molecule has 0 saturated carbocycles. The van der Waals surface area contributed by atoms with Crippen molar-refractivity contribution in [3.63, 3.8) is 0 Å². The fourth-order valence-corrected chi connectivity index (χ4v) is 2.93. The van der Waals surface area contributed by atoms with Crippen LogP contribution in [0, 0.1) is 11.3 Å². The molecular weight excluding hydrogens is 184 g/mol. The van der Waals surface area contributed by atoms with Crippen LogP contribution in [0.5, 0.6) is 0 Å². The summed E-state index contributed by atoms with van der Waals surface area (Å²) in [5, 5.41) is 3.60. The summed E-state index contributed by atoms with van der Waals surface area (Å²) in [6.07, 6.45) is 4.16. The summed E-state index contributed by atoms with van der Waals surface area (Å²) in [6, 6.07) is 0.781. The zero-order valence-corrected chi connectivity index (χ0v) is 10.6. The van der Waals surface area contributed by atoms with Crippen LogP contribution in [0.4, 0.5) is 0 Å². The first-order valence-electron chi connectivity index (χ1n) is 6.51. The van der Waals surface area contributed by atoms with E-state index in [1.807, 2.05) is 0 Å². The van der Waals surface area contributed by atoms with Gasteiger partial charge in [-0.05, 0) is 43.7 Å². The summed E-state index contributed by atoms with van der Waals surface area (Å²) in [5.74, 6) is 0.902. The summed E-state index contributed by atoms with van der Waals surface area (Å²) in [6.45, 7) is 12.3. The Labute approximate surface area is 94.4 Å². The molecule has 0 aromatic carbocycles. The molecule has 2 rings (SSSR count). The SMILES string of the molecule is CC(C)(C)C1CCN(C[C@@H]2CCCN2)C1. The van der Waals surface area contributed by atoms with Crippen LogP contribution in [-0.4, -0.2) is 37.1 Å². The lowest BCUT2D eigenvalue weighted by atomic mass is 9.80. The van der Waals surface area contributed by atoms with E-state index in [9.17, 15) is 0 Å². The summed E-state index contributed by atoms with van der Waals surface area (Å²) in [5.41, 5.74) is 0.498. The molecule has 0 amide bonds. The van der Waals surface area contributed by atoms with Crippen LogP contribution >= 0.6 is 0 Å². The van der Waals surface area contributed by atoms with E-state index in [4.69, 9.17) is 0 Å². The van der Waals surface area contributed by atoms with Crippen LogP contribution in [0.25, 0.3) is 0 Å². The second kappa shape index (κ2) is 4.42. The highest BCUT2D eigenvalue weighted by Crippen LogP contribution is 2.33. The molecule has 2 aliphatic heterocycles. The maximum Gasteiger partial charge on any atom is 0.0195 e. The van der Waals surface area contributed by atoms with Gasteiger partial charge in [-0.3, -0.25) is 0 Å². The number of hydrogen-bond acceptors (Lipinski definition) is 2. The Morgan fingerprint density at radius 1 is 1.27 bits per heavy atom. The van der Waals surface area contributed by atoms with Gasteiger partial charge in [0.15, 0.2) is 0 Å². The van der Waals surface area contributed by atoms with Gasteiger partial charge in [0.25, 0.3) is 0 Å². The van der Waals surface area contributed by atoms with Gasteiger partial charge in [0.05, 0.1) is 0 Å². The Morgan fingerprint density at radius 2 is 2.07 bits per heavy atom. The third-order valence-corrected chi connectivity index (χ3v) is 4.14. The minimum Gasteiger partial charge on any atom is -0.313 e. The van der Waals surface area contributed by atoms with Crippen molar-refractivity contribution in [3.05, 3.63) is 0 Å². The topological polar surface area (TPSA) is 15.3 Å². The lowest BCUT2D eigenvalue weighted by Gasteiger charge is -2.27. The van der Waals surface area contributed by atoms with Crippen LogP contribution in [0.2, 0.25) is 0 Å². The monoisotopic (exact) mass is 210 g/mol. The molecule has 88 valence electrons. The number of hydrogen-bond donors (Lipinski definition) is 1. The first-order valence-corrected chi connectivity index (χ1v) is 6.51. The van der Waals surface area contributed by atoms with Gasteiger partial charge in [-0.25, -0.2) is 0 Å². The zero-order chi connectivity index (χ0) is 10.9. The van der Waals surface area contributed by atoms with E-state index in [1.165, 1.54) is 45.4 Å². The van der Waals surface area contributed by atoms with Crippen molar-refractivity contribution in [2.75, 3.05) is 26.2 Å². The van der Waals surface area contributed by atoms with Crippen LogP contribution in [-0.2, 0) is 0 Å². The average Bonchev–Trinajstić information content (AvgIpc) is 2.73. The first kappa shape index (κ1) is 11.4. The zero-order valence-electron chi connectivity index (χ0n) is 10.6. The molecule has 1 N–H and O–H groups in total. The van der Waals surface area contributed by atoms with E-state index in [0.29, 0.717) is 5.41 Å². The number of likely N-dealkylation sites (tertiary alicyclic amines) is 1. The van der Waals surface area contributed by atoms with Gasteiger partial charge in [0.1, 0.15) is 0 Å². The van der Waals surface area contributed by atoms with E-state index in [1.54, 1.807) is 0 Å². The van der Waals surface area contributed by atoms with Gasteiger partial charge in [-0.1, -0.05) is 20.8 Å². The summed E-state index contributed by atoms with van der Waals surface area (Å²) in [7, 11) is 0. The molecule has 2 atom stereocenters. The third kappa shape index (κ3) is 2.94. The van der Waals surface area contributed by atoms with Crippen LogP contribution in [0.3, 0.4) is 0 Å². The standard InChI is InChI=1S/C13H26N2/c1-13(2,3)11-6-8-15(9-11)10-12-5-4-7-14-12/h11-12,14H,4-10H2,1-3H3/t11?,12-/m0/s1. The highest BCUT2D eigenvalue weighted by atomic mass is 15.2. The maximum absolute atomic E-state index is 3.60. The van der Waals surface area contributed by atoms with Gasteiger partial charge in [0.2, 0.25) is 0 Å². The molecule has 15 heavy (non-hydrogen) atoms. The van der Waals surface area contributed by atoms with E-state index in [0.717, 1.165) is 12.0 Å². The van der Waals surface area contributed by atoms with Crippen molar-refractivity contribution in [3.8, 4) is 0 Å². The molecular formula is C13H26N2. The molecule has 1 unspecified atom stereocenters. The molecule has 0 aromatic heterocycles. The summed E-state index contributed by atoms with van der Waals surface area (Å²) in [4.78, 5) is 2.67. The molecule has 2 heterocycles. The minimum atomic E-state index is 0.498. The Kier molecular flexibility index (Phi) is 3.36. The number of rotatable bonds is 2. The Hall–Kier alpha value is -0.0800. The molecule has 2 nitrogen and oxygen atoms in total. The van der Waals surface area contributed by atoms with Gasteiger partial charge in [-0.15, -0.1) is 0 Å². The molecule has 0 aromatic rings. The Balaban J connectivity index is 1.77. The summed E-state index contributed by atoms with van der Waals surface area (Å²) < 4.78 is 0. The smallest absolute Gasteiger partial charge is 0.0195 e. The third-order valence-electron chi connectivity index (χ3n) is 4.14. The molecule has 2 heteroatoms. The molecule has 2 fully saturated rings. The molecule has 2 saturated heterocycles. The van der Waals surface area contributed by atoms with Crippen molar-refractivity contribution >= 4 is 0 Å². The second-order valence-corrected chi connectivity index (χ2v) is 6.40. The van der Waals surface area contributed by atoms with E-state index in [-0.39, 0.29) is 0 Å². The van der Waals surface area contributed by atoms with Crippen molar-refractivity contribution < 1.29 is 0 Å². The predicted octanol–water partition coefficient (Wildman–Crippen LogP) is 2.11. The second-order valence-electron chi connectivity index (χ2n) is 6.40. The van der Waals surface area contributed by atoms with Gasteiger partial charge < -0.3 is 10.2 Å². The predicted molar refractivity (Wildman–Crippen MR) is 65.0 cm³/mol. The lowest BCUT2D eigenvalue weighted by molar-refractivity contribution is 0.222. The molecule has 0 spiro atoms. The fourth-order valence-electron chi connectivity index (χ4n) is 2.93. The number of nitrogens with zero attached hydrogens (tertiary/aromatic N) is 1. The lowest BCUT2D eigenvalue weighted by Crippen LogP contribution is -2.37. The van der Waals surface area contributed by atoms with Crippen LogP contribution < -0.4 is 5.32 Å². The average molecular weight is 210 g/mol. The fraction of sp³-hybridized carbons (Fsp3) is 1.00. The molecule has 2 aliphatic rings. The van der Waals surface area contributed by atoms with Crippen molar-refractivity contribution in [2.45, 2.75) is 46.1 Å². The minimum absolute atomic E-state index is 0.498. The Bertz CT molecular complexity index is 201. The van der Waals surface area contributed by atoms with Crippen molar-refractivity contribution in [1.82, 2.24) is 10.2 Å². The van der Waals surface area contributed by atoms with Crippen molar-refractivity contribution in [2.24, 2.45) is 11.3 Å². The number of nitrogens with one attached hydrogen (secondary N) is 1. The van der Waals surface area contributed by atoms with Crippen molar-refractivity contribution in [1.29, 1.82) is 0 Å². The van der Waals surface area contributed by atoms with E-state index in [2.05, 4.69) is 31.0 Å². The maximum atomic E-state index is 3.60. The molecule has 0 aliphatic carbocycles. The highest BCUT2D eigenvalue weighted by molar-refractivity contribution is 4.87. The van der Waals surface area contributed by atoms with Gasteiger partial charge in [-0.2, -0.15) is 0 Å². The molecule has 0 bridgehead atoms. The largest absolute Gasteiger partial charge is 0.313 e. The van der Waals surface area contributed by atoms with Gasteiger partial charge in [0, 0.05) is 19.1 Å². The van der Waals surface area contributed by atoms with E-state index >= 15 is 0 Å². The summed E-state index contributed by atoms with van der Waals surface area (Å²) >= 11 is 0. The van der Waals surface area contributed by atoms with Crippen LogP contribution in [0.1, 0.15) is 40.0 Å². The van der Waals surface area contributed by atoms with Crippen LogP contribution in [0.15, 0.2) is 0 Å². The quantitative estimate of drug-likeness (QED) is 0.751. The normalized spacial score (nSPS) is 33.8. The highest BCUT2D eigenvalue weighted by Gasteiger charge is 2.32. The van der Waals surface area contributed by atoms with Gasteiger partial charge >= 0.3 is 0 Å². The first-order chi connectivity index (χ1) is 7.05. The molecule has 0 radical (unpaired) electrons.